The first-order chi connectivity index (χ1) is 12.3. The number of unbranched alkanes of at least 4 members (excludes halogenated alkanes) is 1. The van der Waals surface area contributed by atoms with Crippen molar-refractivity contribution in [1.82, 2.24) is 4.98 Å². The zero-order chi connectivity index (χ0) is 17.9. The average molecular weight is 332 g/mol. The molecule has 0 saturated heterocycles. The van der Waals surface area contributed by atoms with E-state index in [9.17, 15) is 0 Å². The van der Waals surface area contributed by atoms with Gasteiger partial charge in [-0.3, -0.25) is 0 Å². The zero-order valence-electron chi connectivity index (χ0n) is 15.4. The summed E-state index contributed by atoms with van der Waals surface area (Å²) in [6.07, 6.45) is 22.5. The summed E-state index contributed by atoms with van der Waals surface area (Å²) < 4.78 is 0. The van der Waals surface area contributed by atoms with E-state index in [1.807, 2.05) is 19.1 Å². The topological polar surface area (TPSA) is 15.8 Å². The molecule has 0 amide bonds. The number of para-hydroxylation sites is 1. The van der Waals surface area contributed by atoms with Gasteiger partial charge in [0.15, 0.2) is 0 Å². The highest BCUT2D eigenvalue weighted by Gasteiger charge is 2.03. The van der Waals surface area contributed by atoms with Crippen LogP contribution in [0, 0.1) is 5.92 Å². The fourth-order valence-electron chi connectivity index (χ4n) is 2.96. The molecular formula is C24H29N. The van der Waals surface area contributed by atoms with Gasteiger partial charge in [-0.1, -0.05) is 72.9 Å². The van der Waals surface area contributed by atoms with Gasteiger partial charge in [0.1, 0.15) is 0 Å². The molecule has 1 aromatic heterocycles. The fourth-order valence-corrected chi connectivity index (χ4v) is 2.96. The normalized spacial score (nSPS) is 15.3. The number of aromatic amines is 1. The second kappa shape index (κ2) is 10.4. The molecule has 0 aliphatic rings. The van der Waals surface area contributed by atoms with Crippen molar-refractivity contribution in [3.63, 3.8) is 0 Å². The van der Waals surface area contributed by atoms with E-state index in [1.165, 1.54) is 21.5 Å². The minimum atomic E-state index is 0.393. The molecule has 130 valence electrons. The minimum absolute atomic E-state index is 0.393. The predicted octanol–water partition coefficient (Wildman–Crippen LogP) is 5.41. The molecular weight excluding hydrogens is 302 g/mol. The van der Waals surface area contributed by atoms with E-state index in [1.54, 1.807) is 0 Å². The summed E-state index contributed by atoms with van der Waals surface area (Å²) in [6, 6.07) is 8.49. The lowest BCUT2D eigenvalue weighted by molar-refractivity contribution is 0.684. The van der Waals surface area contributed by atoms with E-state index in [-0.39, 0.29) is 0 Å². The molecule has 1 aromatic carbocycles. The van der Waals surface area contributed by atoms with Crippen molar-refractivity contribution in [2.45, 2.75) is 33.1 Å². The first-order valence-electron chi connectivity index (χ1n) is 9.12. The van der Waals surface area contributed by atoms with E-state index >= 15 is 0 Å². The summed E-state index contributed by atoms with van der Waals surface area (Å²) in [4.78, 5) is 3.50. The number of hydrogen-bond donors (Lipinski definition) is 1. The summed E-state index contributed by atoms with van der Waals surface area (Å²) >= 11 is 0. The summed E-state index contributed by atoms with van der Waals surface area (Å²) in [7, 11) is 0. The number of H-pyrrole nitrogens is 1. The van der Waals surface area contributed by atoms with Crippen molar-refractivity contribution >= 4 is 23.1 Å². The number of rotatable bonds is 8. The number of aromatic nitrogens is 1. The summed E-state index contributed by atoms with van der Waals surface area (Å²) in [5.41, 5.74) is 1.19. The van der Waals surface area contributed by atoms with Crippen molar-refractivity contribution in [2.24, 2.45) is 5.92 Å². The second-order valence-electron chi connectivity index (χ2n) is 6.12. The molecule has 0 bridgehead atoms. The summed E-state index contributed by atoms with van der Waals surface area (Å²) in [5, 5.41) is 3.78. The maximum Gasteiger partial charge on any atom is 0.0464 e. The third kappa shape index (κ3) is 5.49. The molecule has 1 atom stereocenters. The van der Waals surface area contributed by atoms with Crippen LogP contribution in [0.5, 0.6) is 0 Å². The lowest BCUT2D eigenvalue weighted by atomic mass is 10.00. The molecule has 0 fully saturated rings. The first kappa shape index (κ1) is 18.8. The minimum Gasteiger partial charge on any atom is -0.355 e. The van der Waals surface area contributed by atoms with Gasteiger partial charge in [-0.15, -0.1) is 6.58 Å². The van der Waals surface area contributed by atoms with Crippen molar-refractivity contribution in [2.75, 3.05) is 0 Å². The average Bonchev–Trinajstić information content (AvgIpc) is 3.00. The lowest BCUT2D eigenvalue weighted by Gasteiger charge is -2.05. The Kier molecular flexibility index (Phi) is 7.78. The third-order valence-corrected chi connectivity index (χ3v) is 4.32. The van der Waals surface area contributed by atoms with Crippen LogP contribution in [0.15, 0.2) is 73.4 Å². The Bertz CT molecular complexity index is 874. The van der Waals surface area contributed by atoms with Gasteiger partial charge in [0.2, 0.25) is 0 Å². The zero-order valence-corrected chi connectivity index (χ0v) is 15.4. The van der Waals surface area contributed by atoms with Gasteiger partial charge in [-0.2, -0.15) is 0 Å². The molecule has 1 nitrogen and oxygen atoms in total. The van der Waals surface area contributed by atoms with Gasteiger partial charge in [0.25, 0.3) is 0 Å². The Balaban J connectivity index is 2.07. The van der Waals surface area contributed by atoms with E-state index < -0.39 is 0 Å². The van der Waals surface area contributed by atoms with Gasteiger partial charge in [0.05, 0.1) is 0 Å². The summed E-state index contributed by atoms with van der Waals surface area (Å²) in [6.45, 7) is 8.14. The third-order valence-electron chi connectivity index (χ3n) is 4.32. The summed E-state index contributed by atoms with van der Waals surface area (Å²) in [5.74, 6) is 0.393. The largest absolute Gasteiger partial charge is 0.355 e. The monoisotopic (exact) mass is 331 g/mol. The molecule has 0 aliphatic heterocycles. The Hall–Kier alpha value is -2.54. The molecule has 1 heteroatoms. The van der Waals surface area contributed by atoms with Crippen LogP contribution in [-0.4, -0.2) is 4.98 Å². The Morgan fingerprint density at radius 3 is 2.64 bits per heavy atom. The van der Waals surface area contributed by atoms with Crippen molar-refractivity contribution < 1.29 is 0 Å². The van der Waals surface area contributed by atoms with Crippen LogP contribution in [0.4, 0.5) is 0 Å². The van der Waals surface area contributed by atoms with Gasteiger partial charge in [-0.25, -0.2) is 0 Å². The molecule has 1 unspecified atom stereocenters. The lowest BCUT2D eigenvalue weighted by Crippen LogP contribution is -2.23. The number of benzene rings is 1. The van der Waals surface area contributed by atoms with E-state index in [4.69, 9.17) is 0 Å². The molecule has 0 saturated carbocycles. The highest BCUT2D eigenvalue weighted by atomic mass is 14.7. The van der Waals surface area contributed by atoms with E-state index in [0.29, 0.717) is 5.92 Å². The van der Waals surface area contributed by atoms with Gasteiger partial charge in [0, 0.05) is 21.5 Å². The van der Waals surface area contributed by atoms with Gasteiger partial charge < -0.3 is 4.98 Å². The van der Waals surface area contributed by atoms with Gasteiger partial charge >= 0.3 is 0 Å². The quantitative estimate of drug-likeness (QED) is 0.378. The highest BCUT2D eigenvalue weighted by molar-refractivity contribution is 5.81. The maximum atomic E-state index is 4.04. The molecule has 1 heterocycles. The van der Waals surface area contributed by atoms with Crippen molar-refractivity contribution in [1.29, 1.82) is 0 Å². The van der Waals surface area contributed by atoms with Crippen molar-refractivity contribution in [3.8, 4) is 0 Å². The second-order valence-corrected chi connectivity index (χ2v) is 6.12. The molecule has 25 heavy (non-hydrogen) atoms. The smallest absolute Gasteiger partial charge is 0.0464 e. The van der Waals surface area contributed by atoms with Crippen LogP contribution in [0.2, 0.25) is 0 Å². The van der Waals surface area contributed by atoms with Gasteiger partial charge in [-0.05, 0) is 45.1 Å². The van der Waals surface area contributed by atoms with Crippen LogP contribution in [-0.2, 0) is 0 Å². The fraction of sp³-hybridized carbons (Fsp3) is 0.250. The predicted molar refractivity (Wildman–Crippen MR) is 113 cm³/mol. The highest BCUT2D eigenvalue weighted by Crippen LogP contribution is 2.13. The Morgan fingerprint density at radius 1 is 1.08 bits per heavy atom. The number of nitrogens with one attached hydrogen (secondary N) is 1. The molecule has 2 rings (SSSR count). The van der Waals surface area contributed by atoms with Crippen LogP contribution < -0.4 is 10.6 Å². The maximum absolute atomic E-state index is 4.04. The molecule has 1 N–H and O–H groups in total. The standard InChI is InChI=1S/C24H29N/c1-4-7-8-9-10-11-12-13-16-20(5-2)19-22-21-17-14-15-18-24(21)25-23(22)6-3/h4-11,14-15,17-20,25H,2,12-13,16H2,1,3H3/b7-4-,9-8-,11-10+,22-19-,23-6+. The molecule has 0 radical (unpaired) electrons. The molecule has 2 aromatic rings. The molecule has 0 spiro atoms. The van der Waals surface area contributed by atoms with Crippen LogP contribution >= 0.6 is 0 Å². The first-order valence-corrected chi connectivity index (χ1v) is 9.12. The van der Waals surface area contributed by atoms with Crippen LogP contribution in [0.25, 0.3) is 23.1 Å². The van der Waals surface area contributed by atoms with E-state index in [0.717, 1.165) is 19.3 Å². The number of fused-ring (bicyclic) bond motifs is 1. The number of allylic oxidation sites excluding steroid dienone is 7. The Labute approximate surface area is 151 Å². The number of hydrogen-bond acceptors (Lipinski definition) is 0. The van der Waals surface area contributed by atoms with Crippen LogP contribution in [0.3, 0.4) is 0 Å². The van der Waals surface area contributed by atoms with E-state index in [2.05, 4.69) is 85.3 Å². The van der Waals surface area contributed by atoms with Crippen LogP contribution in [0.1, 0.15) is 33.1 Å². The Morgan fingerprint density at radius 2 is 1.88 bits per heavy atom. The van der Waals surface area contributed by atoms with Crippen molar-refractivity contribution in [3.05, 3.63) is 83.9 Å². The SMILES string of the molecule is C=CC(/C=c1\c(=C/C)[nH]c2ccccc12)CCC/C=C/C=C\C=C/C. The molecule has 0 aliphatic carbocycles.